The van der Waals surface area contributed by atoms with Gasteiger partial charge in [-0.3, -0.25) is 4.99 Å². The number of aromatic nitrogens is 2. The average molecular weight is 375 g/mol. The maximum atomic E-state index is 5.69. The zero-order chi connectivity index (χ0) is 19.6. The Morgan fingerprint density at radius 2 is 1.86 bits per heavy atom. The smallest absolute Gasteiger partial charge is 0.191 e. The minimum absolute atomic E-state index is 0.478. The molecule has 0 saturated carbocycles. The minimum Gasteiger partial charge on any atom is -0.489 e. The molecule has 2 aromatic carbocycles. The van der Waals surface area contributed by atoms with Crippen molar-refractivity contribution in [1.29, 1.82) is 0 Å². The predicted molar refractivity (Wildman–Crippen MR) is 113 cm³/mol. The summed E-state index contributed by atoms with van der Waals surface area (Å²) in [4.78, 5) is 12.0. The van der Waals surface area contributed by atoms with Crippen molar-refractivity contribution in [3.8, 4) is 17.0 Å². The molecule has 0 bridgehead atoms. The standard InChI is InChI=1S/C22H25N5O/c1-3-13-28-20-12-8-7-11-18(20)14-25-22(23-2)26-16-21-24-15-19(27-21)17-9-5-4-6-10-17/h3-12,15H,1,13-14,16H2,2H3,(H,24,27)(H2,23,25,26). The van der Waals surface area contributed by atoms with E-state index in [1.165, 1.54) is 0 Å². The number of guanidine groups is 1. The van der Waals surface area contributed by atoms with Crippen LogP contribution in [0.5, 0.6) is 5.75 Å². The van der Waals surface area contributed by atoms with Crippen LogP contribution in [0.25, 0.3) is 11.3 Å². The molecule has 0 saturated heterocycles. The third-order valence-electron chi connectivity index (χ3n) is 4.14. The maximum Gasteiger partial charge on any atom is 0.191 e. The van der Waals surface area contributed by atoms with E-state index in [1.54, 1.807) is 13.1 Å². The third kappa shape index (κ3) is 5.23. The van der Waals surface area contributed by atoms with E-state index in [0.717, 1.165) is 28.4 Å². The minimum atomic E-state index is 0.478. The topological polar surface area (TPSA) is 74.3 Å². The lowest BCUT2D eigenvalue weighted by Gasteiger charge is -2.14. The SMILES string of the molecule is C=CCOc1ccccc1CNC(=NC)NCc1ncc(-c2ccccc2)[nH]1. The Morgan fingerprint density at radius 3 is 2.64 bits per heavy atom. The Balaban J connectivity index is 1.55. The number of nitrogens with one attached hydrogen (secondary N) is 3. The summed E-state index contributed by atoms with van der Waals surface area (Å²) in [6, 6.07) is 18.0. The van der Waals surface area contributed by atoms with Crippen molar-refractivity contribution < 1.29 is 4.74 Å². The van der Waals surface area contributed by atoms with Crippen LogP contribution in [0.4, 0.5) is 0 Å². The van der Waals surface area contributed by atoms with Crippen LogP contribution < -0.4 is 15.4 Å². The van der Waals surface area contributed by atoms with Gasteiger partial charge < -0.3 is 20.4 Å². The first-order chi connectivity index (χ1) is 13.8. The number of para-hydroxylation sites is 1. The fourth-order valence-electron chi connectivity index (χ4n) is 2.72. The van der Waals surface area contributed by atoms with Gasteiger partial charge in [0.15, 0.2) is 5.96 Å². The van der Waals surface area contributed by atoms with E-state index in [-0.39, 0.29) is 0 Å². The van der Waals surface area contributed by atoms with Gasteiger partial charge in [-0.05, 0) is 11.6 Å². The molecular formula is C22H25N5O. The molecule has 0 radical (unpaired) electrons. The predicted octanol–water partition coefficient (Wildman–Crippen LogP) is 3.51. The molecule has 6 nitrogen and oxygen atoms in total. The molecule has 3 aromatic rings. The van der Waals surface area contributed by atoms with E-state index in [2.05, 4.69) is 44.3 Å². The van der Waals surface area contributed by atoms with E-state index in [9.17, 15) is 0 Å². The van der Waals surface area contributed by atoms with Gasteiger partial charge in [0.25, 0.3) is 0 Å². The van der Waals surface area contributed by atoms with Crippen LogP contribution >= 0.6 is 0 Å². The first-order valence-electron chi connectivity index (χ1n) is 9.15. The van der Waals surface area contributed by atoms with Crippen molar-refractivity contribution in [3.63, 3.8) is 0 Å². The number of hydrogen-bond donors (Lipinski definition) is 3. The number of ether oxygens (including phenoxy) is 1. The summed E-state index contributed by atoms with van der Waals surface area (Å²) in [5.74, 6) is 2.37. The van der Waals surface area contributed by atoms with Crippen LogP contribution in [-0.4, -0.2) is 29.6 Å². The zero-order valence-corrected chi connectivity index (χ0v) is 16.0. The van der Waals surface area contributed by atoms with Gasteiger partial charge in [-0.1, -0.05) is 61.2 Å². The normalized spacial score (nSPS) is 11.1. The van der Waals surface area contributed by atoms with Gasteiger partial charge in [0.2, 0.25) is 0 Å². The molecule has 6 heteroatoms. The summed E-state index contributed by atoms with van der Waals surface area (Å²) in [5.41, 5.74) is 3.16. The number of aliphatic imine (C=N–C) groups is 1. The Hall–Kier alpha value is -3.54. The Morgan fingerprint density at radius 1 is 1.11 bits per heavy atom. The van der Waals surface area contributed by atoms with E-state index in [4.69, 9.17) is 4.74 Å². The maximum absolute atomic E-state index is 5.69. The number of rotatable bonds is 8. The van der Waals surface area contributed by atoms with E-state index in [0.29, 0.717) is 25.7 Å². The first kappa shape index (κ1) is 19.2. The molecule has 3 N–H and O–H groups in total. The molecule has 1 heterocycles. The molecule has 0 aliphatic heterocycles. The van der Waals surface area contributed by atoms with Crippen LogP contribution in [0.15, 0.2) is 78.4 Å². The highest BCUT2D eigenvalue weighted by atomic mass is 16.5. The van der Waals surface area contributed by atoms with Crippen molar-refractivity contribution in [3.05, 3.63) is 84.8 Å². The summed E-state index contributed by atoms with van der Waals surface area (Å²) in [6.45, 7) is 5.31. The van der Waals surface area contributed by atoms with Crippen LogP contribution in [0.3, 0.4) is 0 Å². The van der Waals surface area contributed by atoms with Crippen LogP contribution in [-0.2, 0) is 13.1 Å². The largest absolute Gasteiger partial charge is 0.489 e. The van der Waals surface area contributed by atoms with Gasteiger partial charge in [-0.2, -0.15) is 0 Å². The van der Waals surface area contributed by atoms with Crippen molar-refractivity contribution in [2.75, 3.05) is 13.7 Å². The fraction of sp³-hybridized carbons (Fsp3) is 0.182. The number of nitrogens with zero attached hydrogens (tertiary/aromatic N) is 2. The van der Waals surface area contributed by atoms with E-state index >= 15 is 0 Å². The molecular weight excluding hydrogens is 350 g/mol. The Kier molecular flexibility index (Phi) is 6.84. The van der Waals surface area contributed by atoms with Crippen molar-refractivity contribution in [1.82, 2.24) is 20.6 Å². The molecule has 0 amide bonds. The van der Waals surface area contributed by atoms with Gasteiger partial charge in [0, 0.05) is 19.2 Å². The van der Waals surface area contributed by atoms with Gasteiger partial charge >= 0.3 is 0 Å². The number of imidazole rings is 1. The molecule has 1 aromatic heterocycles. The van der Waals surface area contributed by atoms with Crippen LogP contribution in [0.1, 0.15) is 11.4 Å². The van der Waals surface area contributed by atoms with Gasteiger partial charge in [-0.25, -0.2) is 4.98 Å². The number of aromatic amines is 1. The Bertz CT molecular complexity index is 917. The lowest BCUT2D eigenvalue weighted by Crippen LogP contribution is -2.36. The number of hydrogen-bond acceptors (Lipinski definition) is 3. The molecule has 0 spiro atoms. The quantitative estimate of drug-likeness (QED) is 0.320. The summed E-state index contributed by atoms with van der Waals surface area (Å²) in [7, 11) is 1.74. The van der Waals surface area contributed by atoms with Gasteiger partial charge in [0.05, 0.1) is 18.4 Å². The fourth-order valence-corrected chi connectivity index (χ4v) is 2.72. The second-order valence-electron chi connectivity index (χ2n) is 6.10. The summed E-state index contributed by atoms with van der Waals surface area (Å²) >= 11 is 0. The van der Waals surface area contributed by atoms with Gasteiger partial charge in [0.1, 0.15) is 18.2 Å². The number of benzene rings is 2. The highest BCUT2D eigenvalue weighted by Gasteiger charge is 2.06. The van der Waals surface area contributed by atoms with E-state index < -0.39 is 0 Å². The highest BCUT2D eigenvalue weighted by molar-refractivity contribution is 5.79. The van der Waals surface area contributed by atoms with E-state index in [1.807, 2.05) is 48.7 Å². The van der Waals surface area contributed by atoms with Crippen molar-refractivity contribution >= 4 is 5.96 Å². The summed E-state index contributed by atoms with van der Waals surface area (Å²) in [6.07, 6.45) is 3.58. The molecule has 3 rings (SSSR count). The first-order valence-corrected chi connectivity index (χ1v) is 9.15. The summed E-state index contributed by atoms with van der Waals surface area (Å²) in [5, 5.41) is 6.57. The highest BCUT2D eigenvalue weighted by Crippen LogP contribution is 2.18. The van der Waals surface area contributed by atoms with Gasteiger partial charge in [-0.15, -0.1) is 0 Å². The number of H-pyrrole nitrogens is 1. The molecule has 0 fully saturated rings. The lowest BCUT2D eigenvalue weighted by molar-refractivity contribution is 0.358. The zero-order valence-electron chi connectivity index (χ0n) is 16.0. The van der Waals surface area contributed by atoms with Crippen molar-refractivity contribution in [2.45, 2.75) is 13.1 Å². The molecule has 28 heavy (non-hydrogen) atoms. The molecule has 144 valence electrons. The van der Waals surface area contributed by atoms with Crippen molar-refractivity contribution in [2.24, 2.45) is 4.99 Å². The molecule has 0 aliphatic carbocycles. The lowest BCUT2D eigenvalue weighted by atomic mass is 10.2. The van der Waals surface area contributed by atoms with Crippen LogP contribution in [0.2, 0.25) is 0 Å². The second-order valence-corrected chi connectivity index (χ2v) is 6.10. The monoisotopic (exact) mass is 375 g/mol. The third-order valence-corrected chi connectivity index (χ3v) is 4.14. The molecule has 0 atom stereocenters. The summed E-state index contributed by atoms with van der Waals surface area (Å²) < 4.78 is 5.69. The second kappa shape index (κ2) is 9.97. The van der Waals surface area contributed by atoms with Crippen LogP contribution in [0, 0.1) is 0 Å². The average Bonchev–Trinajstić information content (AvgIpc) is 3.23. The molecule has 0 unspecified atom stereocenters. The Labute approximate surface area is 165 Å². The molecule has 0 aliphatic rings.